The molecule has 0 aromatic rings. The summed E-state index contributed by atoms with van der Waals surface area (Å²) >= 11 is 0. The molecule has 1 aliphatic heterocycles. The van der Waals surface area contributed by atoms with E-state index in [2.05, 4.69) is 5.32 Å². The van der Waals surface area contributed by atoms with E-state index in [9.17, 15) is 17.2 Å². The molecular formula is C9H18F2N2O3S. The van der Waals surface area contributed by atoms with Gasteiger partial charge in [-0.05, 0) is 19.4 Å². The van der Waals surface area contributed by atoms with E-state index >= 15 is 0 Å². The second-order valence-corrected chi connectivity index (χ2v) is 5.85. The van der Waals surface area contributed by atoms with Gasteiger partial charge in [0, 0.05) is 26.2 Å². The van der Waals surface area contributed by atoms with Crippen molar-refractivity contribution in [3.63, 3.8) is 0 Å². The smallest absolute Gasteiger partial charge is 0.350 e. The fourth-order valence-electron chi connectivity index (χ4n) is 1.79. The Morgan fingerprint density at radius 2 is 2.24 bits per heavy atom. The van der Waals surface area contributed by atoms with Crippen LogP contribution in [0.25, 0.3) is 0 Å². The van der Waals surface area contributed by atoms with Crippen LogP contribution >= 0.6 is 0 Å². The Morgan fingerprint density at radius 1 is 1.53 bits per heavy atom. The third-order valence-corrected chi connectivity index (χ3v) is 4.22. The Kier molecular flexibility index (Phi) is 5.71. The normalized spacial score (nSPS) is 21.6. The standard InChI is InChI=1S/C9H18F2N2O3S/c1-16-6-5-13(17(14,15)9(10)11)7-8-3-2-4-12-8/h8-9,12H,2-7H2,1H3. The summed E-state index contributed by atoms with van der Waals surface area (Å²) in [7, 11) is -3.11. The van der Waals surface area contributed by atoms with Crippen LogP contribution in [0, 0.1) is 0 Å². The topological polar surface area (TPSA) is 58.6 Å². The zero-order valence-corrected chi connectivity index (χ0v) is 10.5. The molecule has 102 valence electrons. The molecule has 0 saturated carbocycles. The SMILES string of the molecule is COCCN(CC1CCCN1)S(=O)(=O)C(F)F. The summed E-state index contributed by atoms with van der Waals surface area (Å²) in [4.78, 5) is 0. The van der Waals surface area contributed by atoms with E-state index in [-0.39, 0.29) is 25.7 Å². The summed E-state index contributed by atoms with van der Waals surface area (Å²) in [5, 5.41) is 3.08. The molecule has 8 heteroatoms. The number of halogens is 2. The Hall–Kier alpha value is -0.310. The summed E-state index contributed by atoms with van der Waals surface area (Å²) in [6.07, 6.45) is 1.75. The molecule has 1 N–H and O–H groups in total. The third kappa shape index (κ3) is 4.13. The maximum absolute atomic E-state index is 12.5. The van der Waals surface area contributed by atoms with Gasteiger partial charge in [-0.15, -0.1) is 0 Å². The van der Waals surface area contributed by atoms with Gasteiger partial charge < -0.3 is 10.1 Å². The molecule has 1 saturated heterocycles. The molecule has 17 heavy (non-hydrogen) atoms. The number of rotatable bonds is 7. The molecule has 1 rings (SSSR count). The van der Waals surface area contributed by atoms with Crippen molar-refractivity contribution in [2.75, 3.05) is 33.4 Å². The van der Waals surface area contributed by atoms with E-state index in [1.165, 1.54) is 7.11 Å². The minimum Gasteiger partial charge on any atom is -0.383 e. The van der Waals surface area contributed by atoms with Crippen LogP contribution in [-0.2, 0) is 14.8 Å². The fourth-order valence-corrected chi connectivity index (χ4v) is 2.73. The Morgan fingerprint density at radius 3 is 2.71 bits per heavy atom. The van der Waals surface area contributed by atoms with Gasteiger partial charge in [0.05, 0.1) is 6.61 Å². The van der Waals surface area contributed by atoms with Gasteiger partial charge in [-0.1, -0.05) is 0 Å². The number of nitrogens with zero attached hydrogens (tertiary/aromatic N) is 1. The second-order valence-electron chi connectivity index (χ2n) is 3.95. The summed E-state index contributed by atoms with van der Waals surface area (Å²) in [6, 6.07) is -0.0413. The van der Waals surface area contributed by atoms with E-state index in [1.54, 1.807) is 0 Å². The lowest BCUT2D eigenvalue weighted by molar-refractivity contribution is 0.167. The molecule has 0 spiro atoms. The zero-order chi connectivity index (χ0) is 12.9. The highest BCUT2D eigenvalue weighted by molar-refractivity contribution is 7.89. The number of alkyl halides is 2. The van der Waals surface area contributed by atoms with E-state index < -0.39 is 15.8 Å². The lowest BCUT2D eigenvalue weighted by Crippen LogP contribution is -2.44. The van der Waals surface area contributed by atoms with Gasteiger partial charge in [0.15, 0.2) is 0 Å². The number of hydrogen-bond acceptors (Lipinski definition) is 4. The van der Waals surface area contributed by atoms with Crippen LogP contribution in [-0.4, -0.2) is 57.9 Å². The van der Waals surface area contributed by atoms with Crippen molar-refractivity contribution in [2.45, 2.75) is 24.6 Å². The van der Waals surface area contributed by atoms with E-state index in [1.807, 2.05) is 0 Å². The number of hydrogen-bond donors (Lipinski definition) is 1. The van der Waals surface area contributed by atoms with Gasteiger partial charge in [-0.2, -0.15) is 13.1 Å². The number of nitrogens with one attached hydrogen (secondary N) is 1. The predicted molar refractivity (Wildman–Crippen MR) is 59.4 cm³/mol. The average Bonchev–Trinajstić information content (AvgIpc) is 2.76. The van der Waals surface area contributed by atoms with Crippen LogP contribution in [0.4, 0.5) is 8.78 Å². The maximum Gasteiger partial charge on any atom is 0.350 e. The summed E-state index contributed by atoms with van der Waals surface area (Å²) in [5.41, 5.74) is 0. The summed E-state index contributed by atoms with van der Waals surface area (Å²) < 4.78 is 53.3. The quantitative estimate of drug-likeness (QED) is 0.721. The first-order valence-corrected chi connectivity index (χ1v) is 6.98. The van der Waals surface area contributed by atoms with Crippen molar-refractivity contribution >= 4 is 10.0 Å². The number of ether oxygens (including phenoxy) is 1. The molecular weight excluding hydrogens is 254 g/mol. The molecule has 0 aliphatic carbocycles. The van der Waals surface area contributed by atoms with Crippen LogP contribution in [0.3, 0.4) is 0 Å². The largest absolute Gasteiger partial charge is 0.383 e. The van der Waals surface area contributed by atoms with Gasteiger partial charge in [-0.3, -0.25) is 0 Å². The Bertz CT molecular complexity index is 318. The Balaban J connectivity index is 2.65. The van der Waals surface area contributed by atoms with Gasteiger partial charge in [0.25, 0.3) is 10.0 Å². The monoisotopic (exact) mass is 272 g/mol. The molecule has 0 aromatic heterocycles. The summed E-state index contributed by atoms with van der Waals surface area (Å²) in [5.74, 6) is -3.37. The minimum atomic E-state index is -4.52. The molecule has 1 heterocycles. The molecule has 0 bridgehead atoms. The lowest BCUT2D eigenvalue weighted by atomic mass is 10.2. The molecule has 1 unspecified atom stereocenters. The highest BCUT2D eigenvalue weighted by Gasteiger charge is 2.33. The highest BCUT2D eigenvalue weighted by atomic mass is 32.2. The molecule has 1 aliphatic rings. The molecule has 5 nitrogen and oxygen atoms in total. The first kappa shape index (κ1) is 14.7. The van der Waals surface area contributed by atoms with Crippen molar-refractivity contribution in [3.8, 4) is 0 Å². The van der Waals surface area contributed by atoms with Crippen molar-refractivity contribution in [2.24, 2.45) is 0 Å². The maximum atomic E-state index is 12.5. The van der Waals surface area contributed by atoms with Gasteiger partial charge >= 0.3 is 5.76 Å². The minimum absolute atomic E-state index is 0.0403. The van der Waals surface area contributed by atoms with Crippen LogP contribution in [0.1, 0.15) is 12.8 Å². The van der Waals surface area contributed by atoms with Crippen molar-refractivity contribution in [1.29, 1.82) is 0 Å². The average molecular weight is 272 g/mol. The zero-order valence-electron chi connectivity index (χ0n) is 9.73. The molecule has 1 fully saturated rings. The fraction of sp³-hybridized carbons (Fsp3) is 1.00. The van der Waals surface area contributed by atoms with Crippen LogP contribution in [0.15, 0.2) is 0 Å². The van der Waals surface area contributed by atoms with E-state index in [0.29, 0.717) is 0 Å². The molecule has 0 radical (unpaired) electrons. The molecule has 0 aromatic carbocycles. The molecule has 1 atom stereocenters. The van der Waals surface area contributed by atoms with Crippen molar-refractivity contribution in [3.05, 3.63) is 0 Å². The second kappa shape index (κ2) is 6.58. The van der Waals surface area contributed by atoms with Crippen molar-refractivity contribution < 1.29 is 21.9 Å². The number of sulfonamides is 1. The first-order valence-electron chi connectivity index (χ1n) is 5.48. The van der Waals surface area contributed by atoms with Gasteiger partial charge in [-0.25, -0.2) is 8.42 Å². The van der Waals surface area contributed by atoms with Crippen LogP contribution in [0.5, 0.6) is 0 Å². The number of methoxy groups -OCH3 is 1. The first-order chi connectivity index (χ1) is 7.98. The van der Waals surface area contributed by atoms with Crippen LogP contribution in [0.2, 0.25) is 0 Å². The van der Waals surface area contributed by atoms with E-state index in [0.717, 1.165) is 23.7 Å². The van der Waals surface area contributed by atoms with E-state index in [4.69, 9.17) is 4.74 Å². The third-order valence-electron chi connectivity index (χ3n) is 2.72. The lowest BCUT2D eigenvalue weighted by Gasteiger charge is -2.24. The molecule has 0 amide bonds. The van der Waals surface area contributed by atoms with Crippen molar-refractivity contribution in [1.82, 2.24) is 9.62 Å². The highest BCUT2D eigenvalue weighted by Crippen LogP contribution is 2.15. The Labute approximate surface area is 100 Å². The van der Waals surface area contributed by atoms with Gasteiger partial charge in [0.2, 0.25) is 0 Å². The van der Waals surface area contributed by atoms with Gasteiger partial charge in [0.1, 0.15) is 0 Å². The van der Waals surface area contributed by atoms with Crippen LogP contribution < -0.4 is 5.32 Å². The predicted octanol–water partition coefficient (Wildman–Crippen LogP) is 0.239. The summed E-state index contributed by atoms with van der Waals surface area (Å²) in [6.45, 7) is 0.952.